The van der Waals surface area contributed by atoms with Crippen LogP contribution in [0.1, 0.15) is 18.4 Å². The lowest BCUT2D eigenvalue weighted by atomic mass is 9.85. The molecule has 2 aromatic rings. The number of halogens is 1. The molecule has 3 aliphatic rings. The zero-order valence-electron chi connectivity index (χ0n) is 17.6. The first kappa shape index (κ1) is 22.8. The summed E-state index contributed by atoms with van der Waals surface area (Å²) in [4.78, 5) is 5.10. The predicted molar refractivity (Wildman–Crippen MR) is 124 cm³/mol. The predicted octanol–water partition coefficient (Wildman–Crippen LogP) is 2.15. The second-order valence-electron chi connectivity index (χ2n) is 8.00. The summed E-state index contributed by atoms with van der Waals surface area (Å²) in [6.45, 7) is 3.28. The Labute approximate surface area is 194 Å². The highest BCUT2D eigenvalue weighted by atomic mass is 35.5. The first-order valence-electron chi connectivity index (χ1n) is 10.5. The van der Waals surface area contributed by atoms with E-state index < -0.39 is 10.0 Å². The molecule has 3 aliphatic heterocycles. The van der Waals surface area contributed by atoms with Crippen molar-refractivity contribution in [3.63, 3.8) is 0 Å². The molecule has 1 saturated heterocycles. The molecule has 2 aromatic carbocycles. The van der Waals surface area contributed by atoms with Crippen LogP contribution in [0.5, 0.6) is 11.5 Å². The topological polar surface area (TPSA) is 92.3 Å². The third kappa shape index (κ3) is 4.30. The van der Waals surface area contributed by atoms with E-state index in [0.29, 0.717) is 43.9 Å². The van der Waals surface area contributed by atoms with Crippen LogP contribution in [0.3, 0.4) is 0 Å². The molecule has 1 spiro atoms. The fourth-order valence-electron chi connectivity index (χ4n) is 4.42. The molecular formula is C22H27ClN4O4S. The molecule has 0 unspecified atom stereocenters. The summed E-state index contributed by atoms with van der Waals surface area (Å²) in [6.07, 6.45) is 1.35. The van der Waals surface area contributed by atoms with E-state index in [-0.39, 0.29) is 24.7 Å². The smallest absolute Gasteiger partial charge is 0.243 e. The molecule has 10 heteroatoms. The highest BCUT2D eigenvalue weighted by Crippen LogP contribution is 2.33. The van der Waals surface area contributed by atoms with E-state index in [2.05, 4.69) is 10.6 Å². The fourth-order valence-corrected chi connectivity index (χ4v) is 5.89. The van der Waals surface area contributed by atoms with Gasteiger partial charge in [-0.2, -0.15) is 4.31 Å². The molecule has 2 N–H and O–H groups in total. The van der Waals surface area contributed by atoms with E-state index in [4.69, 9.17) is 14.5 Å². The van der Waals surface area contributed by atoms with Crippen LogP contribution in [0.4, 0.5) is 0 Å². The minimum atomic E-state index is -3.48. The van der Waals surface area contributed by atoms with Gasteiger partial charge in [-0.15, -0.1) is 12.4 Å². The number of sulfonamides is 1. The molecule has 8 nitrogen and oxygen atoms in total. The highest BCUT2D eigenvalue weighted by Gasteiger charge is 2.43. The maximum Gasteiger partial charge on any atom is 0.243 e. The summed E-state index contributed by atoms with van der Waals surface area (Å²) in [6, 6.07) is 14.6. The summed E-state index contributed by atoms with van der Waals surface area (Å²) in [5.41, 5.74) is 0.758. The van der Waals surface area contributed by atoms with Gasteiger partial charge in [-0.3, -0.25) is 4.99 Å². The molecule has 0 aromatic heterocycles. The van der Waals surface area contributed by atoms with Crippen molar-refractivity contribution in [2.75, 3.05) is 33.0 Å². The molecule has 32 heavy (non-hydrogen) atoms. The molecule has 0 radical (unpaired) electrons. The van der Waals surface area contributed by atoms with Gasteiger partial charge < -0.3 is 20.1 Å². The average molecular weight is 479 g/mol. The summed E-state index contributed by atoms with van der Waals surface area (Å²) < 4.78 is 38.4. The summed E-state index contributed by atoms with van der Waals surface area (Å²) in [5, 5.41) is 7.11. The van der Waals surface area contributed by atoms with Crippen molar-refractivity contribution in [1.29, 1.82) is 0 Å². The van der Waals surface area contributed by atoms with E-state index in [1.54, 1.807) is 28.6 Å². The van der Waals surface area contributed by atoms with E-state index in [1.165, 1.54) is 0 Å². The van der Waals surface area contributed by atoms with Crippen molar-refractivity contribution in [1.82, 2.24) is 14.9 Å². The highest BCUT2D eigenvalue weighted by molar-refractivity contribution is 7.89. The number of aliphatic imine (C=N–C) groups is 1. The molecule has 1 fully saturated rings. The fraction of sp³-hybridized carbons (Fsp3) is 0.409. The van der Waals surface area contributed by atoms with Crippen molar-refractivity contribution in [3.8, 4) is 11.5 Å². The Morgan fingerprint density at radius 2 is 1.81 bits per heavy atom. The Balaban J connectivity index is 0.00000245. The van der Waals surface area contributed by atoms with Crippen molar-refractivity contribution in [2.24, 2.45) is 4.99 Å². The molecule has 0 atom stereocenters. The number of hydrogen-bond acceptors (Lipinski definition) is 7. The van der Waals surface area contributed by atoms with Gasteiger partial charge in [0.2, 0.25) is 16.8 Å². The van der Waals surface area contributed by atoms with Crippen molar-refractivity contribution in [3.05, 3.63) is 54.1 Å². The van der Waals surface area contributed by atoms with Crippen LogP contribution in [0.2, 0.25) is 0 Å². The van der Waals surface area contributed by atoms with Gasteiger partial charge >= 0.3 is 0 Å². The van der Waals surface area contributed by atoms with Gasteiger partial charge in [0.1, 0.15) is 5.84 Å². The van der Waals surface area contributed by atoms with Crippen LogP contribution >= 0.6 is 12.4 Å². The SMILES string of the molecule is Cl.O=S(=O)(c1ccccc1)N1CCC2(CC1)NCCN=C2NCc1ccc2c(c1)OCO2. The van der Waals surface area contributed by atoms with Gasteiger partial charge in [-0.25, -0.2) is 8.42 Å². The van der Waals surface area contributed by atoms with Crippen molar-refractivity contribution in [2.45, 2.75) is 29.8 Å². The first-order chi connectivity index (χ1) is 15.1. The second kappa shape index (κ2) is 9.27. The molecule has 0 aliphatic carbocycles. The molecule has 5 rings (SSSR count). The Kier molecular flexibility index (Phi) is 6.62. The Bertz CT molecular complexity index is 1090. The molecule has 172 valence electrons. The zero-order valence-corrected chi connectivity index (χ0v) is 19.3. The van der Waals surface area contributed by atoms with Crippen LogP contribution in [-0.4, -0.2) is 57.1 Å². The summed E-state index contributed by atoms with van der Waals surface area (Å²) in [7, 11) is -3.48. The van der Waals surface area contributed by atoms with Gasteiger partial charge in [-0.05, 0) is 42.7 Å². The van der Waals surface area contributed by atoms with Crippen LogP contribution < -0.4 is 20.1 Å². The minimum absolute atomic E-state index is 0. The van der Waals surface area contributed by atoms with Gasteiger partial charge in [0.15, 0.2) is 11.5 Å². The second-order valence-corrected chi connectivity index (χ2v) is 9.94. The maximum absolute atomic E-state index is 13.0. The van der Waals surface area contributed by atoms with Crippen LogP contribution in [0.25, 0.3) is 0 Å². The number of hydrogen-bond donors (Lipinski definition) is 2. The summed E-state index contributed by atoms with van der Waals surface area (Å²) >= 11 is 0. The first-order valence-corrected chi connectivity index (χ1v) is 12.0. The Morgan fingerprint density at radius 1 is 1.06 bits per heavy atom. The number of piperidine rings is 1. The third-order valence-corrected chi connectivity index (χ3v) is 8.07. The molecule has 0 bridgehead atoms. The minimum Gasteiger partial charge on any atom is -0.454 e. The Hall–Kier alpha value is -2.33. The van der Waals surface area contributed by atoms with E-state index in [1.807, 2.05) is 24.3 Å². The number of rotatable bonds is 4. The molecular weight excluding hydrogens is 452 g/mol. The quantitative estimate of drug-likeness (QED) is 0.699. The van der Waals surface area contributed by atoms with E-state index in [9.17, 15) is 8.42 Å². The van der Waals surface area contributed by atoms with Gasteiger partial charge in [0.05, 0.1) is 17.0 Å². The monoisotopic (exact) mass is 478 g/mol. The standard InChI is InChI=1S/C22H26N4O4S.ClH/c27-31(28,18-4-2-1-3-5-18)26-12-8-22(9-13-26)21(23-10-11-25-22)24-15-17-6-7-19-20(14-17)30-16-29-19;/h1-7,14,25H,8-13,15-16H2,(H,23,24);1H. The number of ether oxygens (including phenoxy) is 2. The third-order valence-electron chi connectivity index (χ3n) is 6.15. The normalized spacial score (nSPS) is 19.8. The van der Waals surface area contributed by atoms with Gasteiger partial charge in [0, 0.05) is 26.2 Å². The lowest BCUT2D eigenvalue weighted by Gasteiger charge is -2.44. The lowest BCUT2D eigenvalue weighted by Crippen LogP contribution is -2.64. The van der Waals surface area contributed by atoms with Gasteiger partial charge in [-0.1, -0.05) is 24.3 Å². The maximum atomic E-state index is 13.0. The van der Waals surface area contributed by atoms with Crippen molar-refractivity contribution < 1.29 is 17.9 Å². The summed E-state index contributed by atoms with van der Waals surface area (Å²) in [5.74, 6) is 2.44. The van der Waals surface area contributed by atoms with Crippen molar-refractivity contribution >= 4 is 28.3 Å². The number of benzene rings is 2. The average Bonchev–Trinajstić information content (AvgIpc) is 3.27. The molecule has 0 saturated carbocycles. The van der Waals surface area contributed by atoms with Crippen LogP contribution in [0, 0.1) is 0 Å². The van der Waals surface area contributed by atoms with Gasteiger partial charge in [0.25, 0.3) is 0 Å². The largest absolute Gasteiger partial charge is 0.454 e. The number of nitrogens with zero attached hydrogens (tertiary/aromatic N) is 2. The number of fused-ring (bicyclic) bond motifs is 1. The van der Waals surface area contributed by atoms with E-state index >= 15 is 0 Å². The zero-order chi connectivity index (χ0) is 21.3. The van der Waals surface area contributed by atoms with E-state index in [0.717, 1.165) is 29.4 Å². The Morgan fingerprint density at radius 3 is 2.59 bits per heavy atom. The lowest BCUT2D eigenvalue weighted by molar-refractivity contribution is 0.174. The molecule has 0 amide bonds. The number of nitrogens with one attached hydrogen (secondary N) is 2. The molecule has 3 heterocycles. The van der Waals surface area contributed by atoms with Crippen LogP contribution in [0.15, 0.2) is 58.4 Å². The number of amidine groups is 1. The van der Waals surface area contributed by atoms with Crippen LogP contribution in [-0.2, 0) is 16.6 Å².